The highest BCUT2D eigenvalue weighted by atomic mass is 32.2. The minimum Gasteiger partial charge on any atom is -0.494 e. The molecule has 0 bridgehead atoms. The molecule has 1 heterocycles. The summed E-state index contributed by atoms with van der Waals surface area (Å²) in [5.41, 5.74) is 0.976. The van der Waals surface area contributed by atoms with Crippen molar-refractivity contribution in [2.75, 3.05) is 11.4 Å². The van der Waals surface area contributed by atoms with Gasteiger partial charge in [-0.3, -0.25) is 4.31 Å². The van der Waals surface area contributed by atoms with E-state index < -0.39 is 10.0 Å². The molecule has 1 fully saturated rings. The van der Waals surface area contributed by atoms with Gasteiger partial charge in [-0.05, 0) is 48.9 Å². The summed E-state index contributed by atoms with van der Waals surface area (Å²) in [5, 5.41) is 10.8. The summed E-state index contributed by atoms with van der Waals surface area (Å²) in [6.45, 7) is 0. The maximum atomic E-state index is 13.2. The first-order valence-electron chi connectivity index (χ1n) is 7.24. The molecule has 0 aliphatic heterocycles. The van der Waals surface area contributed by atoms with Gasteiger partial charge in [-0.15, -0.1) is 11.3 Å². The molecule has 23 heavy (non-hydrogen) atoms. The second kappa shape index (κ2) is 6.22. The third kappa shape index (κ3) is 2.80. The monoisotopic (exact) mass is 348 g/mol. The van der Waals surface area contributed by atoms with E-state index in [1.54, 1.807) is 35.7 Å². The normalized spacial score (nSPS) is 14.8. The summed E-state index contributed by atoms with van der Waals surface area (Å²) in [7, 11) is -2.26. The van der Waals surface area contributed by atoms with Gasteiger partial charge < -0.3 is 4.74 Å². The highest BCUT2D eigenvalue weighted by Crippen LogP contribution is 2.39. The number of anilines is 1. The predicted octanol–water partition coefficient (Wildman–Crippen LogP) is 3.38. The molecule has 0 N–H and O–H groups in total. The van der Waals surface area contributed by atoms with Crippen molar-refractivity contribution in [2.45, 2.75) is 29.5 Å². The van der Waals surface area contributed by atoms with Gasteiger partial charge in [-0.2, -0.15) is 5.26 Å². The second-order valence-electron chi connectivity index (χ2n) is 5.32. The number of thiophene rings is 1. The van der Waals surface area contributed by atoms with Crippen LogP contribution in [0.1, 0.15) is 24.8 Å². The second-order valence-corrected chi connectivity index (χ2v) is 8.25. The van der Waals surface area contributed by atoms with Crippen LogP contribution in [0.3, 0.4) is 0 Å². The Bertz CT molecular complexity index is 848. The lowest BCUT2D eigenvalue weighted by atomic mass is 9.93. The van der Waals surface area contributed by atoms with Gasteiger partial charge >= 0.3 is 0 Å². The Kier molecular flexibility index (Phi) is 4.28. The van der Waals surface area contributed by atoms with Crippen LogP contribution in [0.5, 0.6) is 5.75 Å². The van der Waals surface area contributed by atoms with Crippen molar-refractivity contribution < 1.29 is 13.2 Å². The van der Waals surface area contributed by atoms with Crippen LogP contribution in [0.2, 0.25) is 0 Å². The van der Waals surface area contributed by atoms with Crippen LogP contribution in [-0.4, -0.2) is 21.6 Å². The maximum absolute atomic E-state index is 13.2. The van der Waals surface area contributed by atoms with Crippen molar-refractivity contribution in [2.24, 2.45) is 0 Å². The minimum atomic E-state index is -3.72. The Morgan fingerprint density at radius 1 is 1.35 bits per heavy atom. The quantitative estimate of drug-likeness (QED) is 0.830. The molecule has 5 nitrogen and oxygen atoms in total. The van der Waals surface area contributed by atoms with Gasteiger partial charge in [0.1, 0.15) is 5.75 Å². The van der Waals surface area contributed by atoms with Gasteiger partial charge in [0.05, 0.1) is 24.4 Å². The molecule has 0 amide bonds. The van der Waals surface area contributed by atoms with Crippen LogP contribution in [-0.2, 0) is 10.0 Å². The molecule has 0 atom stereocenters. The van der Waals surface area contributed by atoms with E-state index in [4.69, 9.17) is 10.00 Å². The zero-order valence-corrected chi connectivity index (χ0v) is 14.2. The van der Waals surface area contributed by atoms with Gasteiger partial charge in [0.2, 0.25) is 0 Å². The molecule has 3 rings (SSSR count). The summed E-state index contributed by atoms with van der Waals surface area (Å²) < 4.78 is 33.2. The lowest BCUT2D eigenvalue weighted by Gasteiger charge is -2.37. The third-order valence-corrected chi connectivity index (χ3v) is 7.25. The van der Waals surface area contributed by atoms with Crippen molar-refractivity contribution in [3.8, 4) is 11.8 Å². The first-order valence-corrected chi connectivity index (χ1v) is 9.56. The Hall–Kier alpha value is -2.04. The van der Waals surface area contributed by atoms with Crippen LogP contribution in [0.25, 0.3) is 0 Å². The van der Waals surface area contributed by atoms with E-state index in [0.717, 1.165) is 30.6 Å². The van der Waals surface area contributed by atoms with Gasteiger partial charge in [-0.1, -0.05) is 6.07 Å². The number of nitrogens with zero attached hydrogens (tertiary/aromatic N) is 2. The van der Waals surface area contributed by atoms with E-state index in [-0.39, 0.29) is 10.3 Å². The Morgan fingerprint density at radius 2 is 2.13 bits per heavy atom. The number of rotatable bonds is 5. The van der Waals surface area contributed by atoms with E-state index in [0.29, 0.717) is 17.0 Å². The summed E-state index contributed by atoms with van der Waals surface area (Å²) in [6.07, 6.45) is 2.66. The highest BCUT2D eigenvalue weighted by Gasteiger charge is 2.37. The van der Waals surface area contributed by atoms with Crippen molar-refractivity contribution in [1.82, 2.24) is 0 Å². The number of benzene rings is 1. The van der Waals surface area contributed by atoms with Crippen molar-refractivity contribution in [3.63, 3.8) is 0 Å². The Morgan fingerprint density at radius 3 is 2.74 bits per heavy atom. The highest BCUT2D eigenvalue weighted by molar-refractivity contribution is 7.94. The Labute approximate surface area is 139 Å². The molecule has 1 aliphatic rings. The number of nitriles is 1. The largest absolute Gasteiger partial charge is 0.494 e. The number of sulfonamides is 1. The number of hydrogen-bond donors (Lipinski definition) is 0. The SMILES string of the molecule is COc1ccsc1S(=O)(=O)N(c1cccc(C#N)c1)C1CCC1. The summed E-state index contributed by atoms with van der Waals surface area (Å²) >= 11 is 1.15. The van der Waals surface area contributed by atoms with E-state index in [2.05, 4.69) is 6.07 Å². The molecule has 7 heteroatoms. The lowest BCUT2D eigenvalue weighted by molar-refractivity contribution is 0.402. The summed E-state index contributed by atoms with van der Waals surface area (Å²) in [4.78, 5) is 0. The molecule has 0 saturated heterocycles. The molecule has 0 spiro atoms. The molecular weight excluding hydrogens is 332 g/mol. The molecule has 1 saturated carbocycles. The van der Waals surface area contributed by atoms with E-state index in [1.807, 2.05) is 0 Å². The molecule has 0 unspecified atom stereocenters. The van der Waals surface area contributed by atoms with E-state index >= 15 is 0 Å². The van der Waals surface area contributed by atoms with Crippen molar-refractivity contribution in [1.29, 1.82) is 5.26 Å². The number of methoxy groups -OCH3 is 1. The first-order chi connectivity index (χ1) is 11.1. The summed E-state index contributed by atoms with van der Waals surface area (Å²) in [5.74, 6) is 0.357. The van der Waals surface area contributed by atoms with Crippen LogP contribution < -0.4 is 9.04 Å². The molecule has 2 aromatic rings. The minimum absolute atomic E-state index is 0.0688. The van der Waals surface area contributed by atoms with Crippen LogP contribution >= 0.6 is 11.3 Å². The lowest BCUT2D eigenvalue weighted by Crippen LogP contribution is -2.44. The fraction of sp³-hybridized carbons (Fsp3) is 0.312. The zero-order valence-electron chi connectivity index (χ0n) is 12.6. The standard InChI is InChI=1S/C16H16N2O3S2/c1-21-15-8-9-22-16(15)23(19,20)18(13-5-3-6-13)14-7-2-4-12(10-14)11-17/h2,4,7-10,13H,3,5-6H2,1H3. The van der Waals surface area contributed by atoms with E-state index in [1.165, 1.54) is 11.4 Å². The smallest absolute Gasteiger partial charge is 0.277 e. The Balaban J connectivity index is 2.11. The average Bonchev–Trinajstić information content (AvgIpc) is 3.00. The van der Waals surface area contributed by atoms with Crippen LogP contribution in [0.4, 0.5) is 5.69 Å². The number of hydrogen-bond acceptors (Lipinski definition) is 5. The summed E-state index contributed by atoms with van der Waals surface area (Å²) in [6, 6.07) is 10.4. The van der Waals surface area contributed by atoms with Crippen molar-refractivity contribution in [3.05, 3.63) is 41.3 Å². The van der Waals surface area contributed by atoms with Crippen LogP contribution in [0, 0.1) is 11.3 Å². The third-order valence-electron chi connectivity index (χ3n) is 3.94. The van der Waals surface area contributed by atoms with Gasteiger partial charge in [0, 0.05) is 6.04 Å². The maximum Gasteiger partial charge on any atom is 0.277 e. The first kappa shape index (κ1) is 15.8. The predicted molar refractivity (Wildman–Crippen MR) is 89.3 cm³/mol. The molecule has 120 valence electrons. The fourth-order valence-electron chi connectivity index (χ4n) is 2.59. The van der Waals surface area contributed by atoms with E-state index in [9.17, 15) is 8.42 Å². The van der Waals surface area contributed by atoms with Crippen molar-refractivity contribution >= 4 is 27.0 Å². The van der Waals surface area contributed by atoms with Gasteiger partial charge in [0.25, 0.3) is 10.0 Å². The van der Waals surface area contributed by atoms with Crippen LogP contribution in [0.15, 0.2) is 39.9 Å². The zero-order chi connectivity index (χ0) is 16.4. The fourth-order valence-corrected chi connectivity index (χ4v) is 5.65. The average molecular weight is 348 g/mol. The molecular formula is C16H16N2O3S2. The topological polar surface area (TPSA) is 70.4 Å². The number of ether oxygens (including phenoxy) is 1. The molecule has 1 aliphatic carbocycles. The van der Waals surface area contributed by atoms with Gasteiger partial charge in [-0.25, -0.2) is 8.42 Å². The molecule has 1 aromatic heterocycles. The molecule has 0 radical (unpaired) electrons. The van der Waals surface area contributed by atoms with Gasteiger partial charge in [0.15, 0.2) is 4.21 Å². The molecule has 1 aromatic carbocycles.